The van der Waals surface area contributed by atoms with Gasteiger partial charge in [-0.3, -0.25) is 9.59 Å². The molecule has 2 amide bonds. The average Bonchev–Trinajstić information content (AvgIpc) is 3.23. The van der Waals surface area contributed by atoms with E-state index in [1.54, 1.807) is 6.07 Å². The van der Waals surface area contributed by atoms with Crippen LogP contribution in [0.2, 0.25) is 0 Å². The highest BCUT2D eigenvalue weighted by atomic mass is 19.1. The highest BCUT2D eigenvalue weighted by Gasteiger charge is 2.57. The zero-order valence-electron chi connectivity index (χ0n) is 20.2. The van der Waals surface area contributed by atoms with Gasteiger partial charge >= 0.3 is 0 Å². The van der Waals surface area contributed by atoms with Gasteiger partial charge in [0.1, 0.15) is 17.4 Å². The van der Waals surface area contributed by atoms with E-state index in [0.717, 1.165) is 19.3 Å². The number of methoxy groups -OCH3 is 1. The number of carbonyl (C=O) groups excluding carboxylic acids is 2. The molecule has 9 heteroatoms. The summed E-state index contributed by atoms with van der Waals surface area (Å²) in [7, 11) is 2.92. The first kappa shape index (κ1) is 23.1. The summed E-state index contributed by atoms with van der Waals surface area (Å²) in [6.45, 7) is 0. The molecule has 0 spiro atoms. The summed E-state index contributed by atoms with van der Waals surface area (Å²) in [5.74, 6) is -0.871. The lowest BCUT2D eigenvalue weighted by molar-refractivity contribution is -0.0439. The molecule has 4 aromatic rings. The highest BCUT2D eigenvalue weighted by Crippen LogP contribution is 2.57. The predicted octanol–water partition coefficient (Wildman–Crippen LogP) is 5.09. The Morgan fingerprint density at radius 1 is 1.03 bits per heavy atom. The number of nitrogens with one attached hydrogen (secondary N) is 2. The minimum atomic E-state index is -0.631. The van der Waals surface area contributed by atoms with Crippen LogP contribution in [0.25, 0.3) is 33.6 Å². The quantitative estimate of drug-likeness (QED) is 0.382. The Morgan fingerprint density at radius 3 is 2.35 bits per heavy atom. The Hall–Kier alpha value is -4.27. The number of aromatic nitrogens is 1. The fraction of sp³-hybridized carbons (Fsp3) is 0.250. The third-order valence-electron chi connectivity index (χ3n) is 7.34. The van der Waals surface area contributed by atoms with E-state index in [9.17, 15) is 18.4 Å². The van der Waals surface area contributed by atoms with Crippen molar-refractivity contribution in [2.45, 2.75) is 24.8 Å². The molecule has 3 fully saturated rings. The van der Waals surface area contributed by atoms with Crippen LogP contribution < -0.4 is 15.4 Å². The zero-order valence-corrected chi connectivity index (χ0v) is 20.2. The Morgan fingerprint density at radius 2 is 1.73 bits per heavy atom. The van der Waals surface area contributed by atoms with Gasteiger partial charge < -0.3 is 19.8 Å². The van der Waals surface area contributed by atoms with Crippen LogP contribution in [0.3, 0.4) is 0 Å². The Bertz CT molecular complexity index is 1560. The zero-order chi connectivity index (χ0) is 25.9. The molecule has 3 aliphatic rings. The molecule has 0 unspecified atom stereocenters. The molecule has 2 N–H and O–H groups in total. The molecule has 7 rings (SSSR count). The van der Waals surface area contributed by atoms with E-state index in [4.69, 9.17) is 9.15 Å². The monoisotopic (exact) mass is 503 g/mol. The molecule has 0 radical (unpaired) electrons. The molecule has 0 saturated heterocycles. The number of amides is 2. The predicted molar refractivity (Wildman–Crippen MR) is 132 cm³/mol. The van der Waals surface area contributed by atoms with Crippen molar-refractivity contribution in [3.63, 3.8) is 0 Å². The van der Waals surface area contributed by atoms with Gasteiger partial charge in [0, 0.05) is 23.7 Å². The lowest BCUT2D eigenvalue weighted by Gasteiger charge is -2.61. The highest BCUT2D eigenvalue weighted by molar-refractivity contribution is 6.11. The molecule has 2 heterocycles. The van der Waals surface area contributed by atoms with E-state index >= 15 is 0 Å². The molecule has 2 bridgehead atoms. The molecule has 188 valence electrons. The maximum absolute atomic E-state index is 14.7. The van der Waals surface area contributed by atoms with Crippen molar-refractivity contribution in [1.29, 1.82) is 0 Å². The Balaban J connectivity index is 1.47. The van der Waals surface area contributed by atoms with Gasteiger partial charge in [-0.1, -0.05) is 6.07 Å². The molecule has 3 saturated carbocycles. The van der Waals surface area contributed by atoms with Crippen LogP contribution in [-0.2, 0) is 0 Å². The minimum Gasteiger partial charge on any atom is -0.480 e. The lowest BCUT2D eigenvalue weighted by atomic mass is 9.50. The number of furan rings is 1. The fourth-order valence-corrected chi connectivity index (χ4v) is 5.33. The summed E-state index contributed by atoms with van der Waals surface area (Å²) in [5, 5.41) is 5.98. The van der Waals surface area contributed by atoms with Gasteiger partial charge in [0.15, 0.2) is 0 Å². The van der Waals surface area contributed by atoms with E-state index in [0.29, 0.717) is 28.0 Å². The van der Waals surface area contributed by atoms with E-state index in [-0.39, 0.29) is 34.0 Å². The number of pyridine rings is 1. The maximum Gasteiger partial charge on any atom is 0.255 e. The van der Waals surface area contributed by atoms with Crippen LogP contribution in [0.1, 0.15) is 40.0 Å². The first-order valence-electron chi connectivity index (χ1n) is 11.9. The maximum atomic E-state index is 14.7. The third kappa shape index (κ3) is 3.73. The lowest BCUT2D eigenvalue weighted by Crippen LogP contribution is -2.68. The van der Waals surface area contributed by atoms with Gasteiger partial charge in [0.05, 0.1) is 23.6 Å². The summed E-state index contributed by atoms with van der Waals surface area (Å²) in [6.07, 6.45) is 2.81. The van der Waals surface area contributed by atoms with E-state index in [1.165, 1.54) is 56.6 Å². The summed E-state index contributed by atoms with van der Waals surface area (Å²) >= 11 is 0. The van der Waals surface area contributed by atoms with Crippen LogP contribution in [0.5, 0.6) is 5.88 Å². The summed E-state index contributed by atoms with van der Waals surface area (Å²) < 4.78 is 39.7. The number of rotatable bonds is 6. The number of halogens is 2. The second-order valence-electron chi connectivity index (χ2n) is 9.70. The first-order chi connectivity index (χ1) is 17.8. The molecule has 3 aliphatic carbocycles. The van der Waals surface area contributed by atoms with E-state index in [1.807, 2.05) is 0 Å². The first-order valence-corrected chi connectivity index (χ1v) is 11.9. The smallest absolute Gasteiger partial charge is 0.255 e. The number of nitrogens with zero attached hydrogens (tertiary/aromatic N) is 1. The number of ether oxygens (including phenoxy) is 1. The van der Waals surface area contributed by atoms with Crippen LogP contribution in [0.15, 0.2) is 52.9 Å². The molecule has 0 atom stereocenters. The normalized spacial score (nSPS) is 19.6. The topological polar surface area (TPSA) is 93.5 Å². The fourth-order valence-electron chi connectivity index (χ4n) is 5.33. The van der Waals surface area contributed by atoms with Crippen molar-refractivity contribution in [3.8, 4) is 28.3 Å². The summed E-state index contributed by atoms with van der Waals surface area (Å²) in [6, 6.07) is 11.4. The van der Waals surface area contributed by atoms with Gasteiger partial charge in [0.25, 0.3) is 11.8 Å². The van der Waals surface area contributed by atoms with Gasteiger partial charge in [-0.25, -0.2) is 8.78 Å². The largest absolute Gasteiger partial charge is 0.480 e. The third-order valence-corrected chi connectivity index (χ3v) is 7.34. The van der Waals surface area contributed by atoms with Gasteiger partial charge in [-0.15, -0.1) is 0 Å². The Kier molecular flexibility index (Phi) is 5.25. The van der Waals surface area contributed by atoms with Gasteiger partial charge in [-0.05, 0) is 73.2 Å². The number of fused-ring (bicyclic) bond motifs is 1. The standard InChI is InChI=1S/C28H23F2N3O4/c1-31-25(35)22-20-10-18(26(36-2)32-27(20)37-23(22)15-3-6-17(29)7-4-15)16-5-8-21(30)19(9-16)24(34)33-28-11-14(12-28)13-28/h3-10,14H,11-13H2,1-2H3,(H,31,35)(H,33,34). The van der Waals surface area contributed by atoms with E-state index in [2.05, 4.69) is 15.6 Å². The Labute approximate surface area is 210 Å². The molecular weight excluding hydrogens is 480 g/mol. The summed E-state index contributed by atoms with van der Waals surface area (Å²) in [5.41, 5.74) is 1.52. The van der Waals surface area contributed by atoms with Crippen molar-refractivity contribution in [2.75, 3.05) is 14.2 Å². The van der Waals surface area contributed by atoms with Crippen LogP contribution >= 0.6 is 0 Å². The number of carbonyl (C=O) groups is 2. The molecule has 2 aromatic carbocycles. The van der Waals surface area contributed by atoms with E-state index < -0.39 is 23.4 Å². The van der Waals surface area contributed by atoms with Crippen molar-refractivity contribution < 1.29 is 27.5 Å². The number of hydrogen-bond acceptors (Lipinski definition) is 5. The number of benzene rings is 2. The molecule has 7 nitrogen and oxygen atoms in total. The van der Waals surface area contributed by atoms with Gasteiger partial charge in [-0.2, -0.15) is 4.98 Å². The molecule has 0 aliphatic heterocycles. The van der Waals surface area contributed by atoms with Crippen molar-refractivity contribution in [2.24, 2.45) is 5.92 Å². The van der Waals surface area contributed by atoms with Crippen molar-refractivity contribution in [1.82, 2.24) is 15.6 Å². The SMILES string of the molecule is CNC(=O)c1c(-c2ccc(F)cc2)oc2nc(OC)c(-c3ccc(F)c(C(=O)NC45CC(C4)C5)c3)cc12. The second-order valence-corrected chi connectivity index (χ2v) is 9.70. The van der Waals surface area contributed by atoms with Gasteiger partial charge in [0.2, 0.25) is 11.6 Å². The molecule has 2 aromatic heterocycles. The molecule has 37 heavy (non-hydrogen) atoms. The number of hydrogen-bond donors (Lipinski definition) is 2. The molecular formula is C28H23F2N3O4. The van der Waals surface area contributed by atoms with Crippen LogP contribution in [0.4, 0.5) is 8.78 Å². The summed E-state index contributed by atoms with van der Waals surface area (Å²) in [4.78, 5) is 30.3. The minimum absolute atomic E-state index is 0.0740. The average molecular weight is 504 g/mol. The van der Waals surface area contributed by atoms with Crippen molar-refractivity contribution in [3.05, 3.63) is 71.3 Å². The van der Waals surface area contributed by atoms with Crippen molar-refractivity contribution >= 4 is 22.9 Å². The van der Waals surface area contributed by atoms with Crippen LogP contribution in [-0.4, -0.2) is 36.5 Å². The second kappa shape index (κ2) is 8.40. The van der Waals surface area contributed by atoms with Crippen LogP contribution in [0, 0.1) is 17.6 Å².